The van der Waals surface area contributed by atoms with Crippen LogP contribution in [-0.4, -0.2) is 0 Å². The predicted molar refractivity (Wildman–Crippen MR) is 139 cm³/mol. The molecule has 5 aromatic rings. The van der Waals surface area contributed by atoms with Gasteiger partial charge >= 0.3 is 0 Å². The fourth-order valence-electron chi connectivity index (χ4n) is 4.98. The number of fused-ring (bicyclic) bond motifs is 2. The Morgan fingerprint density at radius 3 is 1.28 bits per heavy atom. The number of hydrogen-bond acceptors (Lipinski definition) is 1. The Labute approximate surface area is 190 Å². The molecule has 0 aliphatic heterocycles. The Hall–Kier alpha value is -3.42. The molecule has 0 aliphatic carbocycles. The normalized spacial score (nSPS) is 11.8. The first-order valence-electron chi connectivity index (χ1n) is 11.5. The molecule has 32 heavy (non-hydrogen) atoms. The maximum Gasteiger partial charge on any atom is 0.0404 e. The van der Waals surface area contributed by atoms with Crippen molar-refractivity contribution in [2.24, 2.45) is 5.73 Å². The highest BCUT2D eigenvalue weighted by Crippen LogP contribution is 2.43. The summed E-state index contributed by atoms with van der Waals surface area (Å²) in [5.74, 6) is 0. The molecule has 158 valence electrons. The van der Waals surface area contributed by atoms with E-state index in [-0.39, 0.29) is 5.54 Å². The van der Waals surface area contributed by atoms with Crippen molar-refractivity contribution >= 4 is 21.5 Å². The van der Waals surface area contributed by atoms with Crippen LogP contribution in [0.3, 0.4) is 0 Å². The van der Waals surface area contributed by atoms with Crippen molar-refractivity contribution in [3.8, 4) is 22.3 Å². The van der Waals surface area contributed by atoms with E-state index in [1.807, 2.05) is 0 Å². The maximum atomic E-state index is 6.67. The Balaban J connectivity index is 1.82. The lowest BCUT2D eigenvalue weighted by Crippen LogP contribution is -2.34. The zero-order chi connectivity index (χ0) is 22.1. The topological polar surface area (TPSA) is 26.0 Å². The molecule has 2 N–H and O–H groups in total. The summed E-state index contributed by atoms with van der Waals surface area (Å²) in [6.07, 6.45) is 1.86. The molecule has 0 radical (unpaired) electrons. The van der Waals surface area contributed by atoms with Gasteiger partial charge in [-0.2, -0.15) is 0 Å². The molecule has 0 fully saturated rings. The van der Waals surface area contributed by atoms with Gasteiger partial charge in [-0.3, -0.25) is 0 Å². The van der Waals surface area contributed by atoms with Crippen LogP contribution in [0.2, 0.25) is 0 Å². The number of benzene rings is 5. The standard InChI is InChI=1S/C31H29N/c1-3-31(32,4-2)24-20-18-23(19-21-24)30-27-16-10-8-14-25(27)29(22-12-6-5-7-13-22)26-15-9-11-17-28(26)30/h5-21H,3-4,32H2,1-2H3. The third kappa shape index (κ3) is 3.30. The van der Waals surface area contributed by atoms with Crippen LogP contribution < -0.4 is 5.73 Å². The van der Waals surface area contributed by atoms with Gasteiger partial charge in [-0.05, 0) is 62.2 Å². The molecular formula is C31H29N. The summed E-state index contributed by atoms with van der Waals surface area (Å²) in [4.78, 5) is 0. The van der Waals surface area contributed by atoms with Crippen LogP contribution >= 0.6 is 0 Å². The summed E-state index contributed by atoms with van der Waals surface area (Å²) in [7, 11) is 0. The van der Waals surface area contributed by atoms with Crippen molar-refractivity contribution in [3.05, 3.63) is 109 Å². The molecule has 0 saturated heterocycles. The van der Waals surface area contributed by atoms with Gasteiger partial charge in [0, 0.05) is 5.54 Å². The van der Waals surface area contributed by atoms with Crippen molar-refractivity contribution in [1.82, 2.24) is 0 Å². The minimum absolute atomic E-state index is 0.264. The fourth-order valence-corrected chi connectivity index (χ4v) is 4.98. The van der Waals surface area contributed by atoms with E-state index in [2.05, 4.69) is 117 Å². The zero-order valence-electron chi connectivity index (χ0n) is 18.8. The molecule has 0 saturated carbocycles. The minimum Gasteiger partial charge on any atom is -0.321 e. The highest BCUT2D eigenvalue weighted by atomic mass is 14.7. The van der Waals surface area contributed by atoms with Crippen molar-refractivity contribution in [2.75, 3.05) is 0 Å². The van der Waals surface area contributed by atoms with Gasteiger partial charge in [0.25, 0.3) is 0 Å². The molecular weight excluding hydrogens is 386 g/mol. The zero-order valence-corrected chi connectivity index (χ0v) is 18.8. The van der Waals surface area contributed by atoms with Crippen LogP contribution in [0.5, 0.6) is 0 Å². The van der Waals surface area contributed by atoms with Gasteiger partial charge in [-0.1, -0.05) is 117 Å². The average molecular weight is 416 g/mol. The molecule has 0 heterocycles. The van der Waals surface area contributed by atoms with Crippen LogP contribution in [0.1, 0.15) is 32.3 Å². The Morgan fingerprint density at radius 2 is 0.875 bits per heavy atom. The second kappa shape index (κ2) is 8.26. The van der Waals surface area contributed by atoms with E-state index < -0.39 is 0 Å². The Kier molecular flexibility index (Phi) is 5.28. The molecule has 0 aromatic heterocycles. The van der Waals surface area contributed by atoms with Crippen molar-refractivity contribution in [1.29, 1.82) is 0 Å². The highest BCUT2D eigenvalue weighted by Gasteiger charge is 2.23. The molecule has 5 rings (SSSR count). The summed E-state index contributed by atoms with van der Waals surface area (Å²) in [6, 6.07) is 37.2. The van der Waals surface area contributed by atoms with Gasteiger partial charge < -0.3 is 5.73 Å². The second-order valence-corrected chi connectivity index (χ2v) is 8.65. The van der Waals surface area contributed by atoms with Crippen LogP contribution in [-0.2, 0) is 5.54 Å². The summed E-state index contributed by atoms with van der Waals surface area (Å²) < 4.78 is 0. The molecule has 0 atom stereocenters. The van der Waals surface area contributed by atoms with Crippen LogP contribution in [0.25, 0.3) is 43.8 Å². The summed E-state index contributed by atoms with van der Waals surface area (Å²) >= 11 is 0. The largest absolute Gasteiger partial charge is 0.321 e. The molecule has 0 bridgehead atoms. The van der Waals surface area contributed by atoms with Crippen LogP contribution in [0.4, 0.5) is 0 Å². The molecule has 0 amide bonds. The molecule has 0 unspecified atom stereocenters. The van der Waals surface area contributed by atoms with Gasteiger partial charge in [0.1, 0.15) is 0 Å². The third-order valence-electron chi connectivity index (χ3n) is 7.00. The molecule has 1 nitrogen and oxygen atoms in total. The van der Waals surface area contributed by atoms with E-state index in [1.165, 1.54) is 49.4 Å². The van der Waals surface area contributed by atoms with Crippen molar-refractivity contribution in [2.45, 2.75) is 32.2 Å². The lowest BCUT2D eigenvalue weighted by atomic mass is 9.83. The Bertz CT molecular complexity index is 1320. The maximum absolute atomic E-state index is 6.67. The quantitative estimate of drug-likeness (QED) is 0.287. The van der Waals surface area contributed by atoms with E-state index in [0.29, 0.717) is 0 Å². The molecule has 1 heteroatoms. The fraction of sp³-hybridized carbons (Fsp3) is 0.161. The monoisotopic (exact) mass is 415 g/mol. The lowest BCUT2D eigenvalue weighted by Gasteiger charge is -2.27. The van der Waals surface area contributed by atoms with E-state index in [9.17, 15) is 0 Å². The van der Waals surface area contributed by atoms with Crippen molar-refractivity contribution < 1.29 is 0 Å². The number of hydrogen-bond donors (Lipinski definition) is 1. The molecule has 0 spiro atoms. The summed E-state index contributed by atoms with van der Waals surface area (Å²) in [5.41, 5.74) is 12.7. The van der Waals surface area contributed by atoms with E-state index in [4.69, 9.17) is 5.73 Å². The van der Waals surface area contributed by atoms with Gasteiger partial charge in [0.05, 0.1) is 0 Å². The van der Waals surface area contributed by atoms with Gasteiger partial charge in [0.15, 0.2) is 0 Å². The van der Waals surface area contributed by atoms with Crippen molar-refractivity contribution in [3.63, 3.8) is 0 Å². The first-order chi connectivity index (χ1) is 15.7. The van der Waals surface area contributed by atoms with Gasteiger partial charge in [-0.15, -0.1) is 0 Å². The lowest BCUT2D eigenvalue weighted by molar-refractivity contribution is 0.413. The van der Waals surface area contributed by atoms with Gasteiger partial charge in [0.2, 0.25) is 0 Å². The minimum atomic E-state index is -0.264. The second-order valence-electron chi connectivity index (χ2n) is 8.65. The SMILES string of the molecule is CCC(N)(CC)c1ccc(-c2c3ccccc3c(-c3ccccc3)c3ccccc23)cc1. The van der Waals surface area contributed by atoms with E-state index in [1.54, 1.807) is 0 Å². The average Bonchev–Trinajstić information content (AvgIpc) is 2.87. The summed E-state index contributed by atoms with van der Waals surface area (Å²) in [6.45, 7) is 4.33. The first kappa shape index (κ1) is 20.5. The molecule has 0 aliphatic rings. The smallest absolute Gasteiger partial charge is 0.0404 e. The van der Waals surface area contributed by atoms with E-state index in [0.717, 1.165) is 12.8 Å². The number of nitrogens with two attached hydrogens (primary N) is 1. The van der Waals surface area contributed by atoms with Crippen LogP contribution in [0.15, 0.2) is 103 Å². The highest BCUT2D eigenvalue weighted by molar-refractivity contribution is 6.21. The van der Waals surface area contributed by atoms with E-state index >= 15 is 0 Å². The predicted octanol–water partition coefficient (Wildman–Crippen LogP) is 8.30. The van der Waals surface area contributed by atoms with Crippen LogP contribution in [0, 0.1) is 0 Å². The van der Waals surface area contributed by atoms with Gasteiger partial charge in [-0.25, -0.2) is 0 Å². The summed E-state index contributed by atoms with van der Waals surface area (Å²) in [5, 5.41) is 5.13. The Morgan fingerprint density at radius 1 is 0.500 bits per heavy atom. The first-order valence-corrected chi connectivity index (χ1v) is 11.5. The third-order valence-corrected chi connectivity index (χ3v) is 7.00. The number of rotatable bonds is 5. The molecule has 5 aromatic carbocycles.